The highest BCUT2D eigenvalue weighted by Gasteiger charge is 2.22. The summed E-state index contributed by atoms with van der Waals surface area (Å²) < 4.78 is 0. The maximum absolute atomic E-state index is 11.0. The number of hydrogen-bond donors (Lipinski definition) is 2. The molecule has 1 aliphatic rings. The number of halogens is 1. The second-order valence-electron chi connectivity index (χ2n) is 5.37. The quantitative estimate of drug-likeness (QED) is 0.875. The van der Waals surface area contributed by atoms with Crippen molar-refractivity contribution in [3.63, 3.8) is 0 Å². The molecular weight excluding hydrogens is 274 g/mol. The average molecular weight is 296 g/mol. The highest BCUT2D eigenvalue weighted by atomic mass is 35.5. The number of piperidine rings is 1. The van der Waals surface area contributed by atoms with Gasteiger partial charge in [0.2, 0.25) is 5.91 Å². The van der Waals surface area contributed by atoms with Gasteiger partial charge in [-0.3, -0.25) is 4.79 Å². The van der Waals surface area contributed by atoms with Crippen molar-refractivity contribution in [3.05, 3.63) is 28.8 Å². The van der Waals surface area contributed by atoms with E-state index in [1.165, 1.54) is 5.69 Å². The Balaban J connectivity index is 2.07. The molecule has 20 heavy (non-hydrogen) atoms. The third-order valence-corrected chi connectivity index (χ3v) is 4.25. The van der Waals surface area contributed by atoms with Crippen molar-refractivity contribution in [1.29, 1.82) is 0 Å². The Hall–Kier alpha value is -1.26. The minimum atomic E-state index is -0.193. The first-order valence-electron chi connectivity index (χ1n) is 7.07. The first-order valence-corrected chi connectivity index (χ1v) is 7.45. The number of nitrogens with two attached hydrogens (primary N) is 1. The fourth-order valence-corrected chi connectivity index (χ4v) is 3.09. The van der Waals surface area contributed by atoms with Crippen molar-refractivity contribution in [2.24, 2.45) is 11.7 Å². The monoisotopic (exact) mass is 295 g/mol. The number of primary amides is 1. The summed E-state index contributed by atoms with van der Waals surface area (Å²) in [7, 11) is 1.92. The Morgan fingerprint density at radius 2 is 2.15 bits per heavy atom. The standard InChI is InChI=1S/C15H22ClN3O/c1-18-10-12-13(16)3-2-4-14(12)19-7-5-11(6-8-19)9-15(17)20/h2-4,11,18H,5-10H2,1H3,(H2,17,20). The van der Waals surface area contributed by atoms with Gasteiger partial charge in [-0.25, -0.2) is 0 Å². The number of amides is 1. The lowest BCUT2D eigenvalue weighted by Crippen LogP contribution is -2.35. The lowest BCUT2D eigenvalue weighted by Gasteiger charge is -2.34. The molecule has 1 aromatic rings. The molecule has 1 amide bonds. The van der Waals surface area contributed by atoms with Crippen LogP contribution in [-0.4, -0.2) is 26.0 Å². The average Bonchev–Trinajstić information content (AvgIpc) is 2.42. The van der Waals surface area contributed by atoms with Crippen molar-refractivity contribution in [2.45, 2.75) is 25.8 Å². The normalized spacial score (nSPS) is 16.4. The third kappa shape index (κ3) is 3.64. The molecule has 0 aliphatic carbocycles. The molecule has 0 atom stereocenters. The van der Waals surface area contributed by atoms with E-state index in [0.29, 0.717) is 12.3 Å². The van der Waals surface area contributed by atoms with Crippen LogP contribution in [0.2, 0.25) is 5.02 Å². The van der Waals surface area contributed by atoms with Crippen LogP contribution in [0.25, 0.3) is 0 Å². The van der Waals surface area contributed by atoms with Crippen LogP contribution < -0.4 is 16.0 Å². The smallest absolute Gasteiger partial charge is 0.217 e. The molecule has 1 aromatic carbocycles. The van der Waals surface area contributed by atoms with Crippen molar-refractivity contribution < 1.29 is 4.79 Å². The van der Waals surface area contributed by atoms with Crippen LogP contribution in [-0.2, 0) is 11.3 Å². The fourth-order valence-electron chi connectivity index (χ4n) is 2.86. The van der Waals surface area contributed by atoms with E-state index in [-0.39, 0.29) is 5.91 Å². The molecule has 2 rings (SSSR count). The number of rotatable bonds is 5. The Morgan fingerprint density at radius 1 is 1.45 bits per heavy atom. The summed E-state index contributed by atoms with van der Waals surface area (Å²) in [5, 5.41) is 3.97. The van der Waals surface area contributed by atoms with Gasteiger partial charge in [0.25, 0.3) is 0 Å². The highest BCUT2D eigenvalue weighted by molar-refractivity contribution is 6.31. The third-order valence-electron chi connectivity index (χ3n) is 3.89. The molecule has 0 radical (unpaired) electrons. The molecule has 110 valence electrons. The maximum atomic E-state index is 11.0. The van der Waals surface area contributed by atoms with E-state index in [2.05, 4.69) is 16.3 Å². The van der Waals surface area contributed by atoms with Crippen LogP contribution in [0.4, 0.5) is 5.69 Å². The van der Waals surface area contributed by atoms with Crippen LogP contribution in [0.3, 0.4) is 0 Å². The van der Waals surface area contributed by atoms with E-state index in [1.807, 2.05) is 19.2 Å². The molecular formula is C15H22ClN3O. The van der Waals surface area contributed by atoms with Crippen molar-refractivity contribution in [2.75, 3.05) is 25.0 Å². The SMILES string of the molecule is CNCc1c(Cl)cccc1N1CCC(CC(N)=O)CC1. The summed E-state index contributed by atoms with van der Waals surface area (Å²) in [5.74, 6) is 0.234. The molecule has 0 bridgehead atoms. The number of nitrogens with zero attached hydrogens (tertiary/aromatic N) is 1. The molecule has 0 spiro atoms. The number of nitrogens with one attached hydrogen (secondary N) is 1. The van der Waals surface area contributed by atoms with Gasteiger partial charge >= 0.3 is 0 Å². The number of carbonyl (C=O) groups is 1. The number of hydrogen-bond acceptors (Lipinski definition) is 3. The van der Waals surface area contributed by atoms with Gasteiger partial charge in [-0.1, -0.05) is 17.7 Å². The zero-order valence-corrected chi connectivity index (χ0v) is 12.6. The van der Waals surface area contributed by atoms with Crippen LogP contribution in [0.5, 0.6) is 0 Å². The predicted octanol–water partition coefficient (Wildman–Crippen LogP) is 2.15. The van der Waals surface area contributed by atoms with E-state index >= 15 is 0 Å². The van der Waals surface area contributed by atoms with Gasteiger partial charge in [0, 0.05) is 42.3 Å². The summed E-state index contributed by atoms with van der Waals surface area (Å²) in [4.78, 5) is 13.3. The molecule has 1 saturated heterocycles. The van der Waals surface area contributed by atoms with Gasteiger partial charge in [0.1, 0.15) is 0 Å². The summed E-state index contributed by atoms with van der Waals surface area (Å²) >= 11 is 6.30. The zero-order valence-electron chi connectivity index (χ0n) is 11.9. The molecule has 1 heterocycles. The first-order chi connectivity index (χ1) is 9.61. The lowest BCUT2D eigenvalue weighted by molar-refractivity contribution is -0.119. The Bertz CT molecular complexity index is 470. The Morgan fingerprint density at radius 3 is 2.75 bits per heavy atom. The summed E-state index contributed by atoms with van der Waals surface area (Å²) in [5.41, 5.74) is 7.62. The Kier molecular flexibility index (Phi) is 5.26. The highest BCUT2D eigenvalue weighted by Crippen LogP contribution is 2.31. The maximum Gasteiger partial charge on any atom is 0.217 e. The van der Waals surface area contributed by atoms with Gasteiger partial charge in [-0.2, -0.15) is 0 Å². The topological polar surface area (TPSA) is 58.4 Å². The summed E-state index contributed by atoms with van der Waals surface area (Å²) in [6.45, 7) is 2.67. The zero-order chi connectivity index (χ0) is 14.5. The predicted molar refractivity (Wildman–Crippen MR) is 83.0 cm³/mol. The summed E-state index contributed by atoms with van der Waals surface area (Å²) in [6.07, 6.45) is 2.52. The second-order valence-corrected chi connectivity index (χ2v) is 5.78. The van der Waals surface area contributed by atoms with E-state index in [4.69, 9.17) is 17.3 Å². The van der Waals surface area contributed by atoms with Crippen molar-refractivity contribution >= 4 is 23.2 Å². The van der Waals surface area contributed by atoms with Crippen LogP contribution in [0.15, 0.2) is 18.2 Å². The Labute approximate surface area is 125 Å². The largest absolute Gasteiger partial charge is 0.371 e. The molecule has 4 nitrogen and oxygen atoms in total. The number of carbonyl (C=O) groups excluding carboxylic acids is 1. The van der Waals surface area contributed by atoms with Gasteiger partial charge < -0.3 is 16.0 Å². The van der Waals surface area contributed by atoms with E-state index in [9.17, 15) is 4.79 Å². The minimum absolute atomic E-state index is 0.193. The van der Waals surface area contributed by atoms with Crippen molar-refractivity contribution in [1.82, 2.24) is 5.32 Å². The van der Waals surface area contributed by atoms with Gasteiger partial charge in [0.15, 0.2) is 0 Å². The molecule has 0 unspecified atom stereocenters. The molecule has 5 heteroatoms. The van der Waals surface area contributed by atoms with Crippen molar-refractivity contribution in [3.8, 4) is 0 Å². The molecule has 0 aromatic heterocycles. The summed E-state index contributed by atoms with van der Waals surface area (Å²) in [6, 6.07) is 6.04. The van der Waals surface area contributed by atoms with Crippen LogP contribution >= 0.6 is 11.6 Å². The molecule has 1 fully saturated rings. The number of anilines is 1. The lowest BCUT2D eigenvalue weighted by atomic mass is 9.92. The van der Waals surface area contributed by atoms with Crippen LogP contribution in [0, 0.1) is 5.92 Å². The molecule has 3 N–H and O–H groups in total. The van der Waals surface area contributed by atoms with Gasteiger partial charge in [-0.15, -0.1) is 0 Å². The van der Waals surface area contributed by atoms with Gasteiger partial charge in [-0.05, 0) is 37.9 Å². The minimum Gasteiger partial charge on any atom is -0.371 e. The first kappa shape index (κ1) is 15.1. The van der Waals surface area contributed by atoms with E-state index in [1.54, 1.807) is 0 Å². The molecule has 0 saturated carbocycles. The fraction of sp³-hybridized carbons (Fsp3) is 0.533. The van der Waals surface area contributed by atoms with E-state index < -0.39 is 0 Å². The van der Waals surface area contributed by atoms with Crippen LogP contribution in [0.1, 0.15) is 24.8 Å². The van der Waals surface area contributed by atoms with Gasteiger partial charge in [0.05, 0.1) is 0 Å². The molecule has 1 aliphatic heterocycles. The second kappa shape index (κ2) is 6.95. The van der Waals surface area contributed by atoms with E-state index in [0.717, 1.165) is 43.1 Å². The number of benzene rings is 1.